The van der Waals surface area contributed by atoms with Crippen molar-refractivity contribution in [3.63, 3.8) is 0 Å². The molecule has 5 heteroatoms. The van der Waals surface area contributed by atoms with Gasteiger partial charge in [-0.15, -0.1) is 0 Å². The van der Waals surface area contributed by atoms with Gasteiger partial charge in [0.05, 0.1) is 37.3 Å². The Kier molecular flexibility index (Phi) is 5.58. The lowest BCUT2D eigenvalue weighted by Gasteiger charge is -2.37. The molecule has 0 spiro atoms. The lowest BCUT2D eigenvalue weighted by molar-refractivity contribution is -0.0595. The van der Waals surface area contributed by atoms with Crippen LogP contribution < -0.4 is 0 Å². The highest BCUT2D eigenvalue weighted by Crippen LogP contribution is 2.35. The van der Waals surface area contributed by atoms with E-state index in [-0.39, 0.29) is 0 Å². The van der Waals surface area contributed by atoms with Gasteiger partial charge in [0, 0.05) is 31.0 Å². The standard InChI is InChI=1S/C21H27N3O2/c1-16-5-4-7-19(23-16)15-25-14-17-11-20-21(12-17)26-10-9-24(20)13-18-6-2-3-8-22-18/h2-8,17,20-21H,9-15H2,1H3/t17?,20-,21-/m1/s1. The number of rotatable bonds is 6. The van der Waals surface area contributed by atoms with Crippen molar-refractivity contribution in [2.45, 2.75) is 45.1 Å². The van der Waals surface area contributed by atoms with Crippen molar-refractivity contribution in [3.8, 4) is 0 Å². The highest BCUT2D eigenvalue weighted by atomic mass is 16.5. The second-order valence-corrected chi connectivity index (χ2v) is 7.39. The van der Waals surface area contributed by atoms with Crippen LogP contribution in [0.3, 0.4) is 0 Å². The van der Waals surface area contributed by atoms with E-state index in [9.17, 15) is 0 Å². The average Bonchev–Trinajstić information content (AvgIpc) is 3.07. The number of fused-ring (bicyclic) bond motifs is 1. The first-order valence-corrected chi connectivity index (χ1v) is 9.54. The molecule has 138 valence electrons. The second kappa shape index (κ2) is 8.25. The largest absolute Gasteiger partial charge is 0.375 e. The lowest BCUT2D eigenvalue weighted by atomic mass is 10.1. The molecule has 1 saturated heterocycles. The number of aromatic nitrogens is 2. The van der Waals surface area contributed by atoms with Crippen molar-refractivity contribution in [2.75, 3.05) is 19.8 Å². The number of aryl methyl sites for hydroxylation is 1. The van der Waals surface area contributed by atoms with E-state index < -0.39 is 0 Å². The van der Waals surface area contributed by atoms with Gasteiger partial charge >= 0.3 is 0 Å². The van der Waals surface area contributed by atoms with Gasteiger partial charge in [0.1, 0.15) is 0 Å². The Morgan fingerprint density at radius 1 is 1.15 bits per heavy atom. The van der Waals surface area contributed by atoms with Crippen LogP contribution in [0, 0.1) is 12.8 Å². The summed E-state index contributed by atoms with van der Waals surface area (Å²) >= 11 is 0. The predicted molar refractivity (Wildman–Crippen MR) is 99.5 cm³/mol. The van der Waals surface area contributed by atoms with Gasteiger partial charge in [-0.3, -0.25) is 14.9 Å². The number of ether oxygens (including phenoxy) is 2. The number of hydrogen-bond donors (Lipinski definition) is 0. The molecule has 2 aromatic heterocycles. The first-order chi connectivity index (χ1) is 12.8. The molecule has 2 aliphatic rings. The Hall–Kier alpha value is -1.82. The molecule has 0 aromatic carbocycles. The van der Waals surface area contributed by atoms with Crippen molar-refractivity contribution in [3.05, 3.63) is 59.7 Å². The summed E-state index contributed by atoms with van der Waals surface area (Å²) in [5.74, 6) is 0.555. The van der Waals surface area contributed by atoms with E-state index in [2.05, 4.69) is 27.0 Å². The first kappa shape index (κ1) is 17.6. The molecule has 1 saturated carbocycles. The highest BCUT2D eigenvalue weighted by molar-refractivity contribution is 5.09. The van der Waals surface area contributed by atoms with Crippen molar-refractivity contribution in [2.24, 2.45) is 5.92 Å². The highest BCUT2D eigenvalue weighted by Gasteiger charge is 2.41. The van der Waals surface area contributed by atoms with E-state index >= 15 is 0 Å². The molecule has 0 amide bonds. The van der Waals surface area contributed by atoms with Crippen molar-refractivity contribution in [1.82, 2.24) is 14.9 Å². The van der Waals surface area contributed by atoms with Crippen LogP contribution in [0.15, 0.2) is 42.6 Å². The Balaban J connectivity index is 1.29. The number of morpholine rings is 1. The minimum absolute atomic E-state index is 0.332. The molecule has 1 aliphatic carbocycles. The maximum absolute atomic E-state index is 6.05. The zero-order valence-electron chi connectivity index (χ0n) is 15.4. The molecule has 1 aliphatic heterocycles. The van der Waals surface area contributed by atoms with Gasteiger partial charge in [-0.05, 0) is 49.9 Å². The van der Waals surface area contributed by atoms with Crippen LogP contribution in [0.1, 0.15) is 29.9 Å². The molecule has 5 nitrogen and oxygen atoms in total. The van der Waals surface area contributed by atoms with Gasteiger partial charge in [-0.25, -0.2) is 0 Å². The molecule has 3 atom stereocenters. The number of hydrogen-bond acceptors (Lipinski definition) is 5. The van der Waals surface area contributed by atoms with Gasteiger partial charge in [-0.1, -0.05) is 12.1 Å². The van der Waals surface area contributed by atoms with Crippen LogP contribution in [0.2, 0.25) is 0 Å². The smallest absolute Gasteiger partial charge is 0.0888 e. The van der Waals surface area contributed by atoms with Crippen LogP contribution in [0.25, 0.3) is 0 Å². The minimum Gasteiger partial charge on any atom is -0.375 e. The third-order valence-corrected chi connectivity index (χ3v) is 5.39. The zero-order valence-corrected chi connectivity index (χ0v) is 15.4. The van der Waals surface area contributed by atoms with Crippen LogP contribution in [-0.4, -0.2) is 46.8 Å². The molecule has 2 aromatic rings. The van der Waals surface area contributed by atoms with E-state index in [0.29, 0.717) is 24.7 Å². The first-order valence-electron chi connectivity index (χ1n) is 9.54. The molecule has 26 heavy (non-hydrogen) atoms. The summed E-state index contributed by atoms with van der Waals surface area (Å²) in [4.78, 5) is 11.5. The molecule has 4 rings (SSSR count). The summed E-state index contributed by atoms with van der Waals surface area (Å²) in [6.45, 7) is 6.09. The van der Waals surface area contributed by atoms with Crippen LogP contribution in [-0.2, 0) is 22.6 Å². The van der Waals surface area contributed by atoms with Crippen LogP contribution >= 0.6 is 0 Å². The zero-order chi connectivity index (χ0) is 17.8. The van der Waals surface area contributed by atoms with Gasteiger partial charge < -0.3 is 9.47 Å². The van der Waals surface area contributed by atoms with Crippen LogP contribution in [0.4, 0.5) is 0 Å². The monoisotopic (exact) mass is 353 g/mol. The van der Waals surface area contributed by atoms with Gasteiger partial charge in [0.25, 0.3) is 0 Å². The molecule has 2 fully saturated rings. The average molecular weight is 353 g/mol. The number of nitrogens with zero attached hydrogens (tertiary/aromatic N) is 3. The third-order valence-electron chi connectivity index (χ3n) is 5.39. The Morgan fingerprint density at radius 2 is 2.08 bits per heavy atom. The summed E-state index contributed by atoms with van der Waals surface area (Å²) in [6, 6.07) is 12.7. The van der Waals surface area contributed by atoms with Crippen molar-refractivity contribution >= 4 is 0 Å². The van der Waals surface area contributed by atoms with E-state index in [4.69, 9.17) is 9.47 Å². The Morgan fingerprint density at radius 3 is 2.92 bits per heavy atom. The van der Waals surface area contributed by atoms with E-state index in [1.807, 2.05) is 37.4 Å². The molecule has 0 radical (unpaired) electrons. The fraction of sp³-hybridized carbons (Fsp3) is 0.524. The molecule has 3 heterocycles. The summed E-state index contributed by atoms with van der Waals surface area (Å²) in [7, 11) is 0. The Labute approximate surface area is 155 Å². The third kappa shape index (κ3) is 4.29. The molecular formula is C21H27N3O2. The van der Waals surface area contributed by atoms with Gasteiger partial charge in [0.15, 0.2) is 0 Å². The molecule has 0 N–H and O–H groups in total. The van der Waals surface area contributed by atoms with Gasteiger partial charge in [0.2, 0.25) is 0 Å². The summed E-state index contributed by atoms with van der Waals surface area (Å²) < 4.78 is 12.0. The van der Waals surface area contributed by atoms with E-state index in [1.165, 1.54) is 0 Å². The maximum Gasteiger partial charge on any atom is 0.0888 e. The normalized spacial score (nSPS) is 26.0. The summed E-state index contributed by atoms with van der Waals surface area (Å²) in [5, 5.41) is 0. The molecular weight excluding hydrogens is 326 g/mol. The number of pyridine rings is 2. The van der Waals surface area contributed by atoms with E-state index in [0.717, 1.165) is 56.2 Å². The maximum atomic E-state index is 6.05. The van der Waals surface area contributed by atoms with Crippen LogP contribution in [0.5, 0.6) is 0 Å². The lowest BCUT2D eigenvalue weighted by Crippen LogP contribution is -2.47. The minimum atomic E-state index is 0.332. The molecule has 1 unspecified atom stereocenters. The summed E-state index contributed by atoms with van der Waals surface area (Å²) in [6.07, 6.45) is 4.43. The Bertz CT molecular complexity index is 709. The fourth-order valence-electron chi connectivity index (χ4n) is 4.17. The van der Waals surface area contributed by atoms with Crippen molar-refractivity contribution < 1.29 is 9.47 Å². The van der Waals surface area contributed by atoms with Gasteiger partial charge in [-0.2, -0.15) is 0 Å². The SMILES string of the molecule is Cc1cccc(COCC2C[C@@H]3[C@@H](C2)OCCN3Cc2ccccn2)n1. The van der Waals surface area contributed by atoms with Crippen molar-refractivity contribution in [1.29, 1.82) is 0 Å². The van der Waals surface area contributed by atoms with E-state index in [1.54, 1.807) is 0 Å². The topological polar surface area (TPSA) is 47.5 Å². The molecule has 0 bridgehead atoms. The fourth-order valence-corrected chi connectivity index (χ4v) is 4.17. The second-order valence-electron chi connectivity index (χ2n) is 7.39. The summed E-state index contributed by atoms with van der Waals surface area (Å²) in [5.41, 5.74) is 3.18. The predicted octanol–water partition coefficient (Wildman–Crippen LogP) is 2.98. The quantitative estimate of drug-likeness (QED) is 0.799.